The van der Waals surface area contributed by atoms with Crippen LogP contribution in [-0.4, -0.2) is 45.3 Å². The van der Waals surface area contributed by atoms with Crippen molar-refractivity contribution in [3.8, 4) is 5.69 Å². The topological polar surface area (TPSA) is 75.4 Å². The molecule has 0 bridgehead atoms. The van der Waals surface area contributed by atoms with Crippen molar-refractivity contribution in [1.29, 1.82) is 0 Å². The Balaban J connectivity index is 2.26. The normalized spacial score (nSPS) is 10.5. The summed E-state index contributed by atoms with van der Waals surface area (Å²) in [5, 5.41) is 13.0. The number of hydrogen-bond acceptors (Lipinski definition) is 3. The fourth-order valence-corrected chi connectivity index (χ4v) is 2.23. The molecule has 0 fully saturated rings. The van der Waals surface area contributed by atoms with Gasteiger partial charge in [-0.3, -0.25) is 9.59 Å². The maximum Gasteiger partial charge on any atom is 0.305 e. The van der Waals surface area contributed by atoms with E-state index >= 15 is 0 Å². The molecule has 0 saturated carbocycles. The van der Waals surface area contributed by atoms with Gasteiger partial charge in [-0.1, -0.05) is 18.2 Å². The summed E-state index contributed by atoms with van der Waals surface area (Å²) in [6, 6.07) is 7.79. The number of para-hydroxylation sites is 1. The van der Waals surface area contributed by atoms with Gasteiger partial charge in [0.1, 0.15) is 0 Å². The molecule has 0 saturated heterocycles. The van der Waals surface area contributed by atoms with Crippen LogP contribution in [0.1, 0.15) is 28.0 Å². The molecule has 1 N–H and O–H groups in total. The number of benzene rings is 1. The maximum atomic E-state index is 12.4. The Bertz CT molecular complexity index is 706. The van der Waals surface area contributed by atoms with Crippen LogP contribution in [0.15, 0.2) is 30.5 Å². The molecule has 0 atom stereocenters. The number of rotatable bonds is 5. The number of carboxylic acids is 1. The molecule has 0 aliphatic heterocycles. The highest BCUT2D eigenvalue weighted by Gasteiger charge is 2.19. The van der Waals surface area contributed by atoms with Crippen LogP contribution < -0.4 is 0 Å². The Kier molecular flexibility index (Phi) is 4.60. The molecule has 0 unspecified atom stereocenters. The van der Waals surface area contributed by atoms with Gasteiger partial charge >= 0.3 is 5.97 Å². The summed E-state index contributed by atoms with van der Waals surface area (Å²) in [7, 11) is 1.59. The number of amides is 1. The Morgan fingerprint density at radius 2 is 1.95 bits per heavy atom. The Morgan fingerprint density at radius 1 is 1.27 bits per heavy atom. The smallest absolute Gasteiger partial charge is 0.305 e. The fourth-order valence-electron chi connectivity index (χ4n) is 2.23. The number of nitrogens with zero attached hydrogens (tertiary/aromatic N) is 3. The second kappa shape index (κ2) is 6.43. The average Bonchev–Trinajstić information content (AvgIpc) is 2.86. The second-order valence-corrected chi connectivity index (χ2v) is 5.21. The highest BCUT2D eigenvalue weighted by atomic mass is 16.4. The van der Waals surface area contributed by atoms with E-state index in [4.69, 9.17) is 5.11 Å². The lowest BCUT2D eigenvalue weighted by molar-refractivity contribution is -0.137. The number of aromatic nitrogens is 2. The predicted molar refractivity (Wildman–Crippen MR) is 82.3 cm³/mol. The summed E-state index contributed by atoms with van der Waals surface area (Å²) in [6.45, 7) is 3.98. The van der Waals surface area contributed by atoms with Crippen molar-refractivity contribution in [2.75, 3.05) is 13.6 Å². The van der Waals surface area contributed by atoms with E-state index in [2.05, 4.69) is 5.10 Å². The summed E-state index contributed by atoms with van der Waals surface area (Å²) in [6.07, 6.45) is 1.45. The molecular formula is C16H19N3O3. The fraction of sp³-hybridized carbons (Fsp3) is 0.312. The third-order valence-corrected chi connectivity index (χ3v) is 3.59. The quantitative estimate of drug-likeness (QED) is 0.917. The van der Waals surface area contributed by atoms with Gasteiger partial charge in [0.05, 0.1) is 29.6 Å². The molecule has 2 aromatic rings. The van der Waals surface area contributed by atoms with Crippen LogP contribution in [0.3, 0.4) is 0 Å². The third-order valence-electron chi connectivity index (χ3n) is 3.59. The van der Waals surface area contributed by atoms with Crippen LogP contribution in [0.4, 0.5) is 0 Å². The molecule has 0 aliphatic rings. The Labute approximate surface area is 129 Å². The van der Waals surface area contributed by atoms with Crippen molar-refractivity contribution < 1.29 is 14.7 Å². The highest BCUT2D eigenvalue weighted by Crippen LogP contribution is 2.18. The summed E-state index contributed by atoms with van der Waals surface area (Å²) in [5.41, 5.74) is 3.21. The van der Waals surface area contributed by atoms with E-state index in [1.807, 2.05) is 38.1 Å². The number of carbonyl (C=O) groups is 2. The van der Waals surface area contributed by atoms with E-state index in [0.29, 0.717) is 5.56 Å². The minimum atomic E-state index is -0.924. The van der Waals surface area contributed by atoms with Gasteiger partial charge in [-0.25, -0.2) is 4.68 Å². The number of hydrogen-bond donors (Lipinski definition) is 1. The van der Waals surface area contributed by atoms with Crippen molar-refractivity contribution >= 4 is 11.9 Å². The zero-order valence-electron chi connectivity index (χ0n) is 12.9. The molecular weight excluding hydrogens is 282 g/mol. The van der Waals surface area contributed by atoms with E-state index < -0.39 is 5.97 Å². The monoisotopic (exact) mass is 301 g/mol. The minimum Gasteiger partial charge on any atom is -0.481 e. The largest absolute Gasteiger partial charge is 0.481 e. The van der Waals surface area contributed by atoms with Crippen LogP contribution in [0.5, 0.6) is 0 Å². The van der Waals surface area contributed by atoms with Crippen molar-refractivity contribution in [3.05, 3.63) is 47.3 Å². The van der Waals surface area contributed by atoms with Gasteiger partial charge in [-0.05, 0) is 25.5 Å². The van der Waals surface area contributed by atoms with Crippen LogP contribution in [0.2, 0.25) is 0 Å². The first-order valence-electron chi connectivity index (χ1n) is 6.99. The van der Waals surface area contributed by atoms with Crippen LogP contribution in [-0.2, 0) is 4.79 Å². The second-order valence-electron chi connectivity index (χ2n) is 5.21. The first-order chi connectivity index (χ1) is 10.4. The molecule has 22 heavy (non-hydrogen) atoms. The van der Waals surface area contributed by atoms with Gasteiger partial charge in [0, 0.05) is 13.6 Å². The lowest BCUT2D eigenvalue weighted by Crippen LogP contribution is -2.29. The molecule has 6 nitrogen and oxygen atoms in total. The first-order valence-corrected chi connectivity index (χ1v) is 6.99. The predicted octanol–water partition coefficient (Wildman–Crippen LogP) is 2.04. The van der Waals surface area contributed by atoms with Crippen molar-refractivity contribution in [2.24, 2.45) is 0 Å². The number of aliphatic carboxylic acids is 1. The van der Waals surface area contributed by atoms with E-state index in [0.717, 1.165) is 16.9 Å². The van der Waals surface area contributed by atoms with Gasteiger partial charge in [-0.2, -0.15) is 5.10 Å². The molecule has 1 amide bonds. The molecule has 0 radical (unpaired) electrons. The SMILES string of the molecule is Cc1ccccc1-n1ncc(C(=O)N(C)CCC(=O)O)c1C. The van der Waals surface area contributed by atoms with E-state index in [1.165, 1.54) is 11.1 Å². The molecule has 116 valence electrons. The molecule has 1 heterocycles. The minimum absolute atomic E-state index is 0.0762. The average molecular weight is 301 g/mol. The van der Waals surface area contributed by atoms with Crippen LogP contribution >= 0.6 is 0 Å². The zero-order valence-corrected chi connectivity index (χ0v) is 12.9. The summed E-state index contributed by atoms with van der Waals surface area (Å²) in [5.74, 6) is -1.15. The molecule has 2 rings (SSSR count). The number of carbonyl (C=O) groups excluding carboxylic acids is 1. The third kappa shape index (κ3) is 3.16. The molecule has 6 heteroatoms. The van der Waals surface area contributed by atoms with E-state index in [-0.39, 0.29) is 18.9 Å². The van der Waals surface area contributed by atoms with Crippen LogP contribution in [0, 0.1) is 13.8 Å². The van der Waals surface area contributed by atoms with Crippen molar-refractivity contribution in [1.82, 2.24) is 14.7 Å². The zero-order chi connectivity index (χ0) is 16.3. The lowest BCUT2D eigenvalue weighted by atomic mass is 10.2. The van der Waals surface area contributed by atoms with Gasteiger partial charge in [0.25, 0.3) is 5.91 Å². The van der Waals surface area contributed by atoms with Gasteiger partial charge in [-0.15, -0.1) is 0 Å². The Hall–Kier alpha value is -2.63. The van der Waals surface area contributed by atoms with Gasteiger partial charge in [0.2, 0.25) is 0 Å². The lowest BCUT2D eigenvalue weighted by Gasteiger charge is -2.16. The van der Waals surface area contributed by atoms with Crippen molar-refractivity contribution in [3.63, 3.8) is 0 Å². The van der Waals surface area contributed by atoms with Crippen molar-refractivity contribution in [2.45, 2.75) is 20.3 Å². The van der Waals surface area contributed by atoms with Crippen LogP contribution in [0.25, 0.3) is 5.69 Å². The number of aryl methyl sites for hydroxylation is 1. The molecule has 0 spiro atoms. The van der Waals surface area contributed by atoms with E-state index in [9.17, 15) is 9.59 Å². The highest BCUT2D eigenvalue weighted by molar-refractivity contribution is 5.95. The summed E-state index contributed by atoms with van der Waals surface area (Å²) in [4.78, 5) is 24.4. The number of carboxylic acid groups (broad SMARTS) is 1. The first kappa shape index (κ1) is 15.8. The molecule has 0 aliphatic carbocycles. The summed E-state index contributed by atoms with van der Waals surface area (Å²) >= 11 is 0. The molecule has 1 aromatic carbocycles. The van der Waals surface area contributed by atoms with E-state index in [1.54, 1.807) is 11.7 Å². The molecule has 1 aromatic heterocycles. The standard InChI is InChI=1S/C16H19N3O3/c1-11-6-4-5-7-14(11)19-12(2)13(10-17-19)16(22)18(3)9-8-15(20)21/h4-7,10H,8-9H2,1-3H3,(H,20,21). The Morgan fingerprint density at radius 3 is 2.59 bits per heavy atom. The summed E-state index contributed by atoms with van der Waals surface area (Å²) < 4.78 is 1.73. The van der Waals surface area contributed by atoms with Gasteiger partial charge in [0.15, 0.2) is 0 Å². The maximum absolute atomic E-state index is 12.4. The van der Waals surface area contributed by atoms with Gasteiger partial charge < -0.3 is 10.0 Å².